The van der Waals surface area contributed by atoms with Crippen molar-refractivity contribution in [3.63, 3.8) is 0 Å². The van der Waals surface area contributed by atoms with Crippen LogP contribution in [0.5, 0.6) is 0 Å². The Morgan fingerprint density at radius 1 is 0.769 bits per heavy atom. The molecule has 0 atom stereocenters. The zero-order chi connectivity index (χ0) is 8.74. The first-order valence-electron chi connectivity index (χ1n) is 2.78. The number of benzene rings is 1. The second kappa shape index (κ2) is 11.4. The van der Waals surface area contributed by atoms with E-state index in [0.29, 0.717) is 0 Å². The van der Waals surface area contributed by atoms with Gasteiger partial charge in [0.2, 0.25) is 0 Å². The van der Waals surface area contributed by atoms with Gasteiger partial charge >= 0.3 is 66.9 Å². The van der Waals surface area contributed by atoms with E-state index in [4.69, 9.17) is 19.2 Å². The Kier molecular flexibility index (Phi) is 17.4. The maximum atomic E-state index is 8.88. The van der Waals surface area contributed by atoms with E-state index in [9.17, 15) is 0 Å². The molecule has 0 aliphatic heterocycles. The topological polar surface area (TPSA) is 77.8 Å². The summed E-state index contributed by atoms with van der Waals surface area (Å²) in [5, 5.41) is 0. The Hall–Kier alpha value is 1.33. The molecule has 0 radical (unpaired) electrons. The van der Waals surface area contributed by atoms with E-state index in [1.54, 1.807) is 0 Å². The largest absolute Gasteiger partial charge is 1.00 e. The maximum Gasteiger partial charge on any atom is 1.00 e. The smallest absolute Gasteiger partial charge is 1.00 e. The van der Waals surface area contributed by atoms with Crippen LogP contribution in [0.25, 0.3) is 0 Å². The quantitative estimate of drug-likeness (QED) is 0.304. The summed E-state index contributed by atoms with van der Waals surface area (Å²) in [7, 11) is -4.64. The maximum absolute atomic E-state index is 8.88. The molecule has 3 N–H and O–H groups in total. The first-order valence-corrected chi connectivity index (χ1v) is 4.35. The summed E-state index contributed by atoms with van der Waals surface area (Å²) in [6.45, 7) is 0. The predicted octanol–water partition coefficient (Wildman–Crippen LogP) is -5.01. The minimum atomic E-state index is -4.64. The van der Waals surface area contributed by atoms with Crippen molar-refractivity contribution in [2.45, 2.75) is 0 Å². The molecule has 7 heteroatoms. The molecule has 1 aromatic rings. The van der Waals surface area contributed by atoms with Crippen LogP contribution in [-0.4, -0.2) is 14.7 Å². The fourth-order valence-electron chi connectivity index (χ4n) is 0.385. The molecule has 0 unspecified atom stereocenters. The van der Waals surface area contributed by atoms with E-state index in [-0.39, 0.29) is 62.0 Å². The third-order valence-electron chi connectivity index (χ3n) is 0.667. The second-order valence-electron chi connectivity index (χ2n) is 1.67. The van der Waals surface area contributed by atoms with Gasteiger partial charge in [0.05, 0.1) is 0 Å². The Balaban J connectivity index is -0.0000000356. The molecule has 0 saturated carbocycles. The van der Waals surface area contributed by atoms with Crippen molar-refractivity contribution in [1.82, 2.24) is 0 Å². The van der Waals surface area contributed by atoms with Crippen molar-refractivity contribution >= 4 is 7.82 Å². The van der Waals surface area contributed by atoms with Gasteiger partial charge in [0, 0.05) is 0 Å². The van der Waals surface area contributed by atoms with Crippen LogP contribution < -0.4 is 59.1 Å². The normalized spacial score (nSPS) is 8.23. The summed E-state index contributed by atoms with van der Waals surface area (Å²) >= 11 is 0. The third kappa shape index (κ3) is 31.8. The molecule has 0 amide bonds. The van der Waals surface area contributed by atoms with E-state index in [1.165, 1.54) is 0 Å². The Morgan fingerprint density at radius 2 is 0.846 bits per heavy atom. The standard InChI is InChI=1S/C6H6.2Na.H3O4P.2H/c1-2-4-6-5-3-1;;;1-5(2,3)4;;/h1-6H;;;(H3,1,2,3,4);;/q;2*+1;;2*-1. The minimum absolute atomic E-state index is 0. The van der Waals surface area contributed by atoms with Crippen LogP contribution in [0.2, 0.25) is 0 Å². The van der Waals surface area contributed by atoms with Crippen molar-refractivity contribution in [2.75, 3.05) is 0 Å². The zero-order valence-corrected chi connectivity index (χ0v) is 12.6. The number of hydrogen-bond donors (Lipinski definition) is 3. The first-order chi connectivity index (χ1) is 5.00. The number of rotatable bonds is 0. The van der Waals surface area contributed by atoms with Crippen molar-refractivity contribution in [1.29, 1.82) is 0 Å². The van der Waals surface area contributed by atoms with Crippen LogP contribution in [0, 0.1) is 0 Å². The molecule has 0 aromatic heterocycles. The summed E-state index contributed by atoms with van der Waals surface area (Å²) in [4.78, 5) is 21.6. The SMILES string of the molecule is O=P(O)(O)O.[H-].[H-].[Na+].[Na+].c1ccccc1. The molecule has 0 aliphatic carbocycles. The molecule has 0 bridgehead atoms. The minimum Gasteiger partial charge on any atom is -1.00 e. The van der Waals surface area contributed by atoms with Crippen molar-refractivity contribution in [3.8, 4) is 0 Å². The summed E-state index contributed by atoms with van der Waals surface area (Å²) in [5.41, 5.74) is 0. The van der Waals surface area contributed by atoms with Gasteiger partial charge in [-0.15, -0.1) is 0 Å². The van der Waals surface area contributed by atoms with Crippen LogP contribution in [0.3, 0.4) is 0 Å². The van der Waals surface area contributed by atoms with Gasteiger partial charge in [-0.1, -0.05) is 36.4 Å². The molecular formula is C6H11Na2O4P. The van der Waals surface area contributed by atoms with Gasteiger partial charge < -0.3 is 17.5 Å². The second-order valence-corrected chi connectivity index (χ2v) is 2.69. The molecular weight excluding hydrogens is 213 g/mol. The fourth-order valence-corrected chi connectivity index (χ4v) is 0.385. The molecule has 13 heavy (non-hydrogen) atoms. The van der Waals surface area contributed by atoms with Crippen LogP contribution in [0.1, 0.15) is 2.85 Å². The van der Waals surface area contributed by atoms with Crippen molar-refractivity contribution < 1.29 is 81.2 Å². The summed E-state index contributed by atoms with van der Waals surface area (Å²) < 4.78 is 8.88. The molecule has 1 rings (SSSR count). The average Bonchev–Trinajstić information content (AvgIpc) is 1.88. The molecule has 0 fully saturated rings. The van der Waals surface area contributed by atoms with Gasteiger partial charge in [0.1, 0.15) is 0 Å². The summed E-state index contributed by atoms with van der Waals surface area (Å²) in [5.74, 6) is 0. The van der Waals surface area contributed by atoms with Crippen LogP contribution in [-0.2, 0) is 4.57 Å². The first kappa shape index (κ1) is 19.8. The Morgan fingerprint density at radius 3 is 0.923 bits per heavy atom. The van der Waals surface area contributed by atoms with Gasteiger partial charge in [0.25, 0.3) is 0 Å². The van der Waals surface area contributed by atoms with Gasteiger partial charge in [-0.3, -0.25) is 0 Å². The van der Waals surface area contributed by atoms with Crippen LogP contribution in [0.15, 0.2) is 36.4 Å². The van der Waals surface area contributed by atoms with E-state index < -0.39 is 7.82 Å². The van der Waals surface area contributed by atoms with Gasteiger partial charge in [-0.05, 0) is 0 Å². The van der Waals surface area contributed by atoms with E-state index >= 15 is 0 Å². The van der Waals surface area contributed by atoms with Gasteiger partial charge in [0.15, 0.2) is 0 Å². The molecule has 0 heterocycles. The third-order valence-corrected chi connectivity index (χ3v) is 0.667. The number of phosphoric acid groups is 1. The summed E-state index contributed by atoms with van der Waals surface area (Å²) in [6, 6.07) is 12.0. The van der Waals surface area contributed by atoms with Crippen LogP contribution in [0.4, 0.5) is 0 Å². The molecule has 0 saturated heterocycles. The van der Waals surface area contributed by atoms with E-state index in [0.717, 1.165) is 0 Å². The number of hydrogen-bond acceptors (Lipinski definition) is 1. The molecule has 4 nitrogen and oxygen atoms in total. The van der Waals surface area contributed by atoms with Gasteiger partial charge in [-0.25, -0.2) is 4.57 Å². The van der Waals surface area contributed by atoms with Crippen molar-refractivity contribution in [3.05, 3.63) is 36.4 Å². The molecule has 66 valence electrons. The predicted molar refractivity (Wildman–Crippen MR) is 42.9 cm³/mol. The summed E-state index contributed by atoms with van der Waals surface area (Å²) in [6.07, 6.45) is 0. The van der Waals surface area contributed by atoms with Crippen LogP contribution >= 0.6 is 7.82 Å². The van der Waals surface area contributed by atoms with Crippen molar-refractivity contribution in [2.24, 2.45) is 0 Å². The fraction of sp³-hybridized carbons (Fsp3) is 0. The zero-order valence-electron chi connectivity index (χ0n) is 9.66. The monoisotopic (exact) mass is 224 g/mol. The van der Waals surface area contributed by atoms with E-state index in [2.05, 4.69) is 0 Å². The Labute approximate surface area is 124 Å². The Bertz CT molecular complexity index is 199. The van der Waals surface area contributed by atoms with E-state index in [1.807, 2.05) is 36.4 Å². The molecule has 0 spiro atoms. The molecule has 0 aliphatic rings. The average molecular weight is 224 g/mol. The van der Waals surface area contributed by atoms with Gasteiger partial charge in [-0.2, -0.15) is 0 Å². The molecule has 1 aromatic carbocycles.